The minimum Gasteiger partial charge on any atom is -0.493 e. The van der Waals surface area contributed by atoms with Gasteiger partial charge in [-0.15, -0.1) is 0 Å². The predicted octanol–water partition coefficient (Wildman–Crippen LogP) is 6.34. The smallest absolute Gasteiger partial charge is 0.257 e. The van der Waals surface area contributed by atoms with Crippen molar-refractivity contribution >= 4 is 36.1 Å². The summed E-state index contributed by atoms with van der Waals surface area (Å²) in [6.45, 7) is 17.6. The highest BCUT2D eigenvalue weighted by molar-refractivity contribution is 6.60. The highest BCUT2D eigenvalue weighted by Gasteiger charge is 2.39. The van der Waals surface area contributed by atoms with Gasteiger partial charge in [0.05, 0.1) is 56.0 Å². The van der Waals surface area contributed by atoms with E-state index in [1.807, 2.05) is 37.1 Å². The SMILES string of the molecule is C=C1CB(C)[C@H]2CN(C1)C(=O)c1cc(OC)c(OCCCCCOc3cc4c(cc3OC)C(=O)N3CC(=C)CC3C=N4)cc1N2C.CC. The number of fused-ring (bicyclic) bond motifs is 5. The van der Waals surface area contributed by atoms with Gasteiger partial charge in [0.2, 0.25) is 0 Å². The number of hydrogen-bond donors (Lipinski definition) is 0. The molecule has 4 aliphatic rings. The molecule has 11 heteroatoms. The van der Waals surface area contributed by atoms with Gasteiger partial charge in [0.15, 0.2) is 29.7 Å². The molecule has 10 nitrogen and oxygen atoms in total. The number of aliphatic imine (C=N–C) groups is 1. The number of ether oxygens (including phenoxy) is 4. The summed E-state index contributed by atoms with van der Waals surface area (Å²) in [5, 5.41) is 0. The molecule has 0 aliphatic carbocycles. The molecule has 2 aromatic rings. The van der Waals surface area contributed by atoms with Crippen LogP contribution in [0.1, 0.15) is 60.2 Å². The van der Waals surface area contributed by atoms with E-state index in [9.17, 15) is 9.59 Å². The van der Waals surface area contributed by atoms with Crippen LogP contribution >= 0.6 is 0 Å². The first kappa shape index (κ1) is 34.9. The molecule has 2 aromatic carbocycles. The fourth-order valence-corrected chi connectivity index (χ4v) is 7.04. The Morgan fingerprint density at radius 3 is 2.17 bits per heavy atom. The lowest BCUT2D eigenvalue weighted by atomic mass is 9.43. The summed E-state index contributed by atoms with van der Waals surface area (Å²) in [5.41, 5.74) is 4.72. The molecule has 4 heterocycles. The van der Waals surface area contributed by atoms with Crippen LogP contribution < -0.4 is 23.8 Å². The van der Waals surface area contributed by atoms with E-state index in [0.717, 1.165) is 48.8 Å². The zero-order chi connectivity index (χ0) is 34.5. The Morgan fingerprint density at radius 2 is 1.50 bits per heavy atom. The van der Waals surface area contributed by atoms with Crippen molar-refractivity contribution in [3.63, 3.8) is 0 Å². The largest absolute Gasteiger partial charge is 0.493 e. The first-order valence-corrected chi connectivity index (χ1v) is 17.1. The number of rotatable bonds is 10. The zero-order valence-corrected chi connectivity index (χ0v) is 29.3. The maximum atomic E-state index is 13.5. The minimum atomic E-state index is -0.0674. The van der Waals surface area contributed by atoms with Gasteiger partial charge >= 0.3 is 0 Å². The van der Waals surface area contributed by atoms with Crippen LogP contribution in [0.15, 0.2) is 53.6 Å². The number of carbonyl (C=O) groups excluding carboxylic acids is 2. The van der Waals surface area contributed by atoms with E-state index >= 15 is 0 Å². The fourth-order valence-electron chi connectivity index (χ4n) is 7.04. The van der Waals surface area contributed by atoms with Gasteiger partial charge in [-0.3, -0.25) is 14.6 Å². The number of amides is 2. The van der Waals surface area contributed by atoms with Gasteiger partial charge < -0.3 is 33.6 Å². The monoisotopic (exact) mass is 656 g/mol. The molecule has 4 aliphatic heterocycles. The van der Waals surface area contributed by atoms with Crippen molar-refractivity contribution in [2.24, 2.45) is 4.99 Å². The quantitative estimate of drug-likeness (QED) is 0.168. The Labute approximate surface area is 285 Å². The van der Waals surface area contributed by atoms with Crippen LogP contribution in [0.3, 0.4) is 0 Å². The molecular formula is C37H49BN4O6. The van der Waals surface area contributed by atoms with E-state index in [1.165, 1.54) is 0 Å². The number of nitrogens with zero attached hydrogens (tertiary/aromatic N) is 4. The van der Waals surface area contributed by atoms with Crippen molar-refractivity contribution in [1.29, 1.82) is 0 Å². The van der Waals surface area contributed by atoms with Crippen molar-refractivity contribution in [3.05, 3.63) is 59.7 Å². The van der Waals surface area contributed by atoms with Crippen LogP contribution in [0.5, 0.6) is 23.0 Å². The van der Waals surface area contributed by atoms with Gasteiger partial charge in [-0.1, -0.05) is 45.0 Å². The standard InChI is InChI=1S/C35H43BN4O6.C2H6/c1-22-12-24-18-37-27-15-31(29(43-5)13-25(27)35(42)40(24)20-22)45-10-8-7-9-11-46-32-16-28-26(14-30(32)44-6)34(41)39-19-23(2)17-36(3)33(21-39)38(28)4;1-2/h13-16,18,24,33H,1-2,7-12,17,19-21H2,3-6H3;1-2H3/t24?,33-;/m1./s1. The molecule has 0 saturated carbocycles. The lowest BCUT2D eigenvalue weighted by Crippen LogP contribution is -2.47. The van der Waals surface area contributed by atoms with Crippen molar-refractivity contribution in [2.75, 3.05) is 59.0 Å². The molecule has 0 radical (unpaired) electrons. The number of likely N-dealkylation sites (N-methyl/N-ethyl adjacent to an activating group) is 1. The third kappa shape index (κ3) is 7.05. The molecule has 48 heavy (non-hydrogen) atoms. The molecule has 2 saturated heterocycles. The molecule has 2 atom stereocenters. The Bertz CT molecular complexity index is 1590. The van der Waals surface area contributed by atoms with E-state index in [2.05, 4.69) is 36.9 Å². The number of methoxy groups -OCH3 is 2. The summed E-state index contributed by atoms with van der Waals surface area (Å²) >= 11 is 0. The second-order valence-corrected chi connectivity index (χ2v) is 12.8. The number of benzene rings is 2. The second-order valence-electron chi connectivity index (χ2n) is 12.8. The molecule has 1 unspecified atom stereocenters. The van der Waals surface area contributed by atoms with E-state index in [1.54, 1.807) is 31.3 Å². The molecule has 2 amide bonds. The fraction of sp³-hybridized carbons (Fsp3) is 0.486. The molecule has 0 aromatic heterocycles. The van der Waals surface area contributed by atoms with Crippen LogP contribution in [0.25, 0.3) is 0 Å². The summed E-state index contributed by atoms with van der Waals surface area (Å²) < 4.78 is 23.5. The lowest BCUT2D eigenvalue weighted by Gasteiger charge is -2.32. The summed E-state index contributed by atoms with van der Waals surface area (Å²) in [6.07, 6.45) is 5.97. The van der Waals surface area contributed by atoms with Crippen LogP contribution in [-0.2, 0) is 0 Å². The predicted molar refractivity (Wildman–Crippen MR) is 193 cm³/mol. The van der Waals surface area contributed by atoms with E-state index in [-0.39, 0.29) is 23.8 Å². The minimum absolute atomic E-state index is 0.000543. The van der Waals surface area contributed by atoms with Gasteiger partial charge in [0.1, 0.15) is 0 Å². The summed E-state index contributed by atoms with van der Waals surface area (Å²) in [4.78, 5) is 37.3. The second kappa shape index (κ2) is 15.2. The van der Waals surface area contributed by atoms with E-state index in [0.29, 0.717) is 79.4 Å². The highest BCUT2D eigenvalue weighted by Crippen LogP contribution is 2.40. The topological polar surface area (TPSA) is 93.1 Å². The number of carbonyl (C=O) groups is 2. The summed E-state index contributed by atoms with van der Waals surface area (Å²) in [5.74, 6) is 2.38. The first-order valence-electron chi connectivity index (χ1n) is 17.1. The first-order chi connectivity index (χ1) is 23.2. The van der Waals surface area contributed by atoms with E-state index < -0.39 is 0 Å². The van der Waals surface area contributed by atoms with E-state index in [4.69, 9.17) is 18.9 Å². The lowest BCUT2D eigenvalue weighted by molar-refractivity contribution is 0.0770. The molecule has 0 spiro atoms. The van der Waals surface area contributed by atoms with Crippen LogP contribution in [0.2, 0.25) is 13.1 Å². The van der Waals surface area contributed by atoms with Crippen molar-refractivity contribution < 1.29 is 28.5 Å². The average Bonchev–Trinajstić information content (AvgIpc) is 3.28. The van der Waals surface area contributed by atoms with Crippen LogP contribution in [0, 0.1) is 0 Å². The summed E-state index contributed by atoms with van der Waals surface area (Å²) in [7, 11) is 5.23. The van der Waals surface area contributed by atoms with Gasteiger partial charge in [0, 0.05) is 51.0 Å². The molecular weight excluding hydrogens is 607 g/mol. The molecule has 256 valence electrons. The normalized spacial score (nSPS) is 19.8. The van der Waals surface area contributed by atoms with Crippen molar-refractivity contribution in [3.8, 4) is 23.0 Å². The Morgan fingerprint density at radius 1 is 0.854 bits per heavy atom. The molecule has 6 rings (SSSR count). The maximum absolute atomic E-state index is 13.5. The number of hydrogen-bond acceptors (Lipinski definition) is 8. The van der Waals surface area contributed by atoms with Gasteiger partial charge in [-0.2, -0.15) is 0 Å². The Kier molecular flexibility index (Phi) is 11.1. The van der Waals surface area contributed by atoms with Gasteiger partial charge in [-0.05, 0) is 44.1 Å². The maximum Gasteiger partial charge on any atom is 0.257 e. The molecule has 2 fully saturated rings. The Hall–Kier alpha value is -4.41. The van der Waals surface area contributed by atoms with Crippen LogP contribution in [0.4, 0.5) is 11.4 Å². The zero-order valence-electron chi connectivity index (χ0n) is 29.3. The van der Waals surface area contributed by atoms with Crippen molar-refractivity contribution in [2.45, 2.75) is 64.7 Å². The molecule has 0 N–H and O–H groups in total. The number of unbranched alkanes of at least 4 members (excludes halogenated alkanes) is 2. The third-order valence-corrected chi connectivity index (χ3v) is 9.52. The van der Waals surface area contributed by atoms with Crippen molar-refractivity contribution in [1.82, 2.24) is 9.80 Å². The molecule has 2 bridgehead atoms. The summed E-state index contributed by atoms with van der Waals surface area (Å²) in [6, 6.07) is 7.22. The Balaban J connectivity index is 0.00000221. The van der Waals surface area contributed by atoms with Gasteiger partial charge in [-0.25, -0.2) is 0 Å². The number of anilines is 1. The average molecular weight is 657 g/mol. The third-order valence-electron chi connectivity index (χ3n) is 9.52. The van der Waals surface area contributed by atoms with Crippen LogP contribution in [-0.4, -0.2) is 101 Å². The van der Waals surface area contributed by atoms with Gasteiger partial charge in [0.25, 0.3) is 11.8 Å². The highest BCUT2D eigenvalue weighted by atomic mass is 16.5.